The number of hydrogen-bond acceptors (Lipinski definition) is 10. The molecule has 0 bridgehead atoms. The van der Waals surface area contributed by atoms with Crippen LogP contribution in [0.5, 0.6) is 0 Å². The number of ketones is 1. The number of aliphatic hydroxyl groups is 2. The van der Waals surface area contributed by atoms with Crippen LogP contribution in [0.2, 0.25) is 0 Å². The first-order valence-electron chi connectivity index (χ1n) is 13.4. The maximum Gasteiger partial charge on any atom is 0.340 e. The minimum Gasteiger partial charge on any atom is -0.504 e. The lowest BCUT2D eigenvalue weighted by Gasteiger charge is -2.54. The maximum absolute atomic E-state index is 14.0. The van der Waals surface area contributed by atoms with Crippen LogP contribution in [0.25, 0.3) is 0 Å². The van der Waals surface area contributed by atoms with E-state index in [1.807, 2.05) is 25.8 Å². The lowest BCUT2D eigenvalue weighted by molar-refractivity contribution is -0.161. The summed E-state index contributed by atoms with van der Waals surface area (Å²) in [6.45, 7) is 8.03. The molecule has 0 spiro atoms. The number of Topliss-reactive ketones (excluding diaryl/α,β-unsaturated/α-hetero) is 1. The zero-order valence-corrected chi connectivity index (χ0v) is 22.8. The normalized spacial score (nSPS) is 38.7. The summed E-state index contributed by atoms with van der Waals surface area (Å²) >= 11 is 0. The second-order valence-electron chi connectivity index (χ2n) is 11.8. The Labute approximate surface area is 222 Å². The van der Waals surface area contributed by atoms with Crippen molar-refractivity contribution in [1.82, 2.24) is 9.80 Å². The number of allylic oxidation sites excluding steroid dienone is 1. The van der Waals surface area contributed by atoms with Crippen molar-refractivity contribution in [3.63, 3.8) is 0 Å². The summed E-state index contributed by atoms with van der Waals surface area (Å²) in [5.74, 6) is -2.56. The summed E-state index contributed by atoms with van der Waals surface area (Å²) in [5.41, 5.74) is -0.668. The molecule has 5 rings (SSSR count). The van der Waals surface area contributed by atoms with E-state index in [0.717, 1.165) is 13.1 Å². The molecule has 0 amide bonds. The number of likely N-dealkylation sites (N-methyl/N-ethyl adjacent to an activating group) is 1. The van der Waals surface area contributed by atoms with Crippen molar-refractivity contribution >= 4 is 17.7 Å². The van der Waals surface area contributed by atoms with Crippen molar-refractivity contribution in [3.8, 4) is 0 Å². The van der Waals surface area contributed by atoms with Gasteiger partial charge in [0.15, 0.2) is 5.76 Å². The van der Waals surface area contributed by atoms with E-state index in [4.69, 9.17) is 14.2 Å². The van der Waals surface area contributed by atoms with Gasteiger partial charge in [0, 0.05) is 63.0 Å². The number of ether oxygens (including phenoxy) is 3. The van der Waals surface area contributed by atoms with Gasteiger partial charge in [-0.2, -0.15) is 0 Å². The van der Waals surface area contributed by atoms with Crippen LogP contribution >= 0.6 is 0 Å². The molecule has 38 heavy (non-hydrogen) atoms. The van der Waals surface area contributed by atoms with Gasteiger partial charge in [0.05, 0.1) is 23.7 Å². The van der Waals surface area contributed by atoms with Crippen molar-refractivity contribution in [1.29, 1.82) is 0 Å². The molecule has 3 aliphatic carbocycles. The first-order valence-corrected chi connectivity index (χ1v) is 13.4. The first-order chi connectivity index (χ1) is 17.9. The van der Waals surface area contributed by atoms with E-state index < -0.39 is 52.6 Å². The molecule has 1 saturated carbocycles. The Balaban J connectivity index is 1.72. The van der Waals surface area contributed by atoms with Gasteiger partial charge in [0.1, 0.15) is 12.2 Å². The van der Waals surface area contributed by atoms with E-state index >= 15 is 0 Å². The fourth-order valence-electron chi connectivity index (χ4n) is 7.41. The Kier molecular flexibility index (Phi) is 6.72. The number of nitrogens with zero attached hydrogens (tertiary/aromatic N) is 2. The highest BCUT2D eigenvalue weighted by Crippen LogP contribution is 2.63. The summed E-state index contributed by atoms with van der Waals surface area (Å²) in [6.07, 6.45) is 0.680. The van der Waals surface area contributed by atoms with Gasteiger partial charge in [-0.3, -0.25) is 9.59 Å². The van der Waals surface area contributed by atoms with Gasteiger partial charge in [-0.25, -0.2) is 4.79 Å². The summed E-state index contributed by atoms with van der Waals surface area (Å²) in [5, 5.41) is 22.5. The van der Waals surface area contributed by atoms with Crippen LogP contribution < -0.4 is 0 Å². The number of carbonyl (C=O) groups excluding carboxylic acids is 3. The third kappa shape index (κ3) is 3.91. The molecule has 6 atom stereocenters. The molecule has 2 heterocycles. The molecule has 10 nitrogen and oxygen atoms in total. The third-order valence-electron chi connectivity index (χ3n) is 9.51. The molecule has 10 heteroatoms. The second-order valence-corrected chi connectivity index (χ2v) is 11.8. The van der Waals surface area contributed by atoms with Gasteiger partial charge in [-0.05, 0) is 44.7 Å². The number of hydrogen-bond donors (Lipinski definition) is 2. The van der Waals surface area contributed by atoms with Crippen molar-refractivity contribution in [3.05, 3.63) is 34.3 Å². The lowest BCUT2D eigenvalue weighted by Crippen LogP contribution is -2.57. The fourth-order valence-corrected chi connectivity index (χ4v) is 7.41. The van der Waals surface area contributed by atoms with Crippen LogP contribution in [0.1, 0.15) is 40.0 Å². The quantitative estimate of drug-likeness (QED) is 0.408. The van der Waals surface area contributed by atoms with E-state index in [1.165, 1.54) is 14.0 Å². The number of piperazine rings is 1. The molecule has 2 aliphatic heterocycles. The average Bonchev–Trinajstić information content (AvgIpc) is 3.15. The van der Waals surface area contributed by atoms with E-state index in [1.54, 1.807) is 6.20 Å². The van der Waals surface area contributed by atoms with E-state index in [2.05, 4.69) is 4.90 Å². The minimum atomic E-state index is -1.19. The van der Waals surface area contributed by atoms with Crippen molar-refractivity contribution in [2.24, 2.45) is 16.7 Å². The van der Waals surface area contributed by atoms with E-state index in [9.17, 15) is 24.6 Å². The molecular weight excluding hydrogens is 492 g/mol. The molecule has 5 aliphatic rings. The highest BCUT2D eigenvalue weighted by atomic mass is 16.6. The third-order valence-corrected chi connectivity index (χ3v) is 9.51. The molecule has 0 aromatic rings. The van der Waals surface area contributed by atoms with Gasteiger partial charge in [0.25, 0.3) is 0 Å². The van der Waals surface area contributed by atoms with Crippen molar-refractivity contribution in [2.45, 2.75) is 58.3 Å². The first kappa shape index (κ1) is 26.9. The second kappa shape index (κ2) is 9.50. The van der Waals surface area contributed by atoms with Crippen LogP contribution in [0, 0.1) is 16.7 Å². The molecule has 208 valence electrons. The smallest absolute Gasteiger partial charge is 0.340 e. The summed E-state index contributed by atoms with van der Waals surface area (Å²) in [6, 6.07) is 0. The van der Waals surface area contributed by atoms with Gasteiger partial charge >= 0.3 is 11.9 Å². The Morgan fingerprint density at radius 2 is 1.87 bits per heavy atom. The average molecular weight is 531 g/mol. The van der Waals surface area contributed by atoms with Gasteiger partial charge < -0.3 is 34.2 Å². The Bertz CT molecular complexity index is 1150. The van der Waals surface area contributed by atoms with Gasteiger partial charge in [-0.15, -0.1) is 0 Å². The van der Waals surface area contributed by atoms with Gasteiger partial charge in [-0.1, -0.05) is 6.92 Å². The van der Waals surface area contributed by atoms with Crippen LogP contribution in [0.15, 0.2) is 34.3 Å². The molecule has 2 saturated heterocycles. The topological polar surface area (TPSA) is 126 Å². The fraction of sp³-hybridized carbons (Fsp3) is 0.679. The number of cyclic esters (lactones) is 1. The molecule has 1 unspecified atom stereocenters. The number of aliphatic hydroxyl groups excluding tert-OH is 2. The molecule has 2 N–H and O–H groups in total. The minimum absolute atomic E-state index is 0.0170. The number of rotatable bonds is 4. The number of esters is 2. The van der Waals surface area contributed by atoms with Crippen molar-refractivity contribution in [2.75, 3.05) is 46.9 Å². The summed E-state index contributed by atoms with van der Waals surface area (Å²) in [4.78, 5) is 43.9. The highest BCUT2D eigenvalue weighted by molar-refractivity contribution is 6.13. The van der Waals surface area contributed by atoms with Crippen LogP contribution in [0.3, 0.4) is 0 Å². The standard InChI is InChI=1S/C28H38N2O8/c1-15(31)37-18-12-27(2)17(6-7-19(27)32)21-23(18)28(3)20(14-36-5)38-26(35)16(22(28)25(34)24(21)33)13-30-10-8-29(4)9-11-30/h13,17-20,32,34H,6-12,14H2,1-5H3/b16-13+/t17?,18-,19+,20-,27+,28+/m1/s1. The van der Waals surface area contributed by atoms with Crippen LogP contribution in [0.4, 0.5) is 0 Å². The van der Waals surface area contributed by atoms with Gasteiger partial charge in [0.2, 0.25) is 5.78 Å². The number of carbonyl (C=O) groups is 3. The zero-order valence-electron chi connectivity index (χ0n) is 22.8. The Morgan fingerprint density at radius 3 is 2.50 bits per heavy atom. The van der Waals surface area contributed by atoms with E-state index in [0.29, 0.717) is 43.5 Å². The Hall–Kier alpha value is -2.69. The van der Waals surface area contributed by atoms with Crippen LogP contribution in [-0.4, -0.2) is 103 Å². The number of fused-ring (bicyclic) bond motifs is 4. The predicted molar refractivity (Wildman–Crippen MR) is 136 cm³/mol. The SMILES string of the molecule is COC[C@H]1OC(=O)/C(=C/N2CCN(C)CC2)C2=C(O)C(=O)C3=C([C@H](OC(C)=O)C[C@@]4(C)C3CC[C@@H]4O)[C@]21C. The van der Waals surface area contributed by atoms with Crippen LogP contribution in [-0.2, 0) is 28.6 Å². The predicted octanol–water partition coefficient (Wildman–Crippen LogP) is 1.50. The molecule has 0 radical (unpaired) electrons. The summed E-state index contributed by atoms with van der Waals surface area (Å²) in [7, 11) is 3.52. The molecule has 0 aromatic heterocycles. The zero-order chi connectivity index (χ0) is 27.6. The molecular formula is C28H38N2O8. The molecule has 3 fully saturated rings. The monoisotopic (exact) mass is 530 g/mol. The highest BCUT2D eigenvalue weighted by Gasteiger charge is 2.64. The Morgan fingerprint density at radius 1 is 1.18 bits per heavy atom. The lowest BCUT2D eigenvalue weighted by atomic mass is 9.53. The largest absolute Gasteiger partial charge is 0.504 e. The summed E-state index contributed by atoms with van der Waals surface area (Å²) < 4.78 is 17.3. The van der Waals surface area contributed by atoms with Crippen molar-refractivity contribution < 1.29 is 38.8 Å². The maximum atomic E-state index is 14.0. The molecule has 0 aromatic carbocycles. The van der Waals surface area contributed by atoms with E-state index in [-0.39, 0.29) is 23.7 Å². The number of methoxy groups -OCH3 is 1.